The topological polar surface area (TPSA) is 150 Å². The van der Waals surface area contributed by atoms with Gasteiger partial charge < -0.3 is 9.32 Å². The van der Waals surface area contributed by atoms with Crippen LogP contribution < -0.4 is 0 Å². The molecule has 0 aliphatic heterocycles. The van der Waals surface area contributed by atoms with Gasteiger partial charge in [-0.25, -0.2) is 8.42 Å². The number of nitrogens with zero attached hydrogens (tertiary/aromatic N) is 3. The Morgan fingerprint density at radius 1 is 1.37 bits per heavy atom. The van der Waals surface area contributed by atoms with Gasteiger partial charge in [-0.2, -0.15) is 18.2 Å². The molecule has 1 aromatic carbocycles. The molecule has 0 radical (unpaired) electrons. The molecule has 2 aromatic rings. The number of Topliss-reactive ketones (excluding diaryl/α,β-unsaturated/α-hetero) is 1. The molecule has 0 spiro atoms. The summed E-state index contributed by atoms with van der Waals surface area (Å²) < 4.78 is 64.8. The molecule has 1 atom stereocenters. The SMILES string of the molecule is CS(=O)(=O)c1ccc(C(=O)C(C=O)c2nc(C(F)(F)F)no2)c([N+](=O)[O-])c1. The number of nitro groups is 1. The molecule has 0 bridgehead atoms. The van der Waals surface area contributed by atoms with Crippen molar-refractivity contribution in [3.63, 3.8) is 0 Å². The molecule has 1 aromatic heterocycles. The standard InChI is InChI=1S/C13H8F3N3O7S/c1-27(24,25)6-2-3-7(9(4-6)19(22)23)10(21)8(5-20)11-17-12(18-26-11)13(14,15)16/h2-5,8H,1H3. The Morgan fingerprint density at radius 2 is 2.00 bits per heavy atom. The maximum Gasteiger partial charge on any atom is 0.455 e. The molecule has 0 N–H and O–H groups in total. The number of aromatic nitrogens is 2. The summed E-state index contributed by atoms with van der Waals surface area (Å²) in [7, 11) is -3.84. The minimum Gasteiger partial charge on any atom is -0.338 e. The van der Waals surface area contributed by atoms with Gasteiger partial charge in [0.2, 0.25) is 5.89 Å². The molecule has 144 valence electrons. The number of carbonyl (C=O) groups is 2. The molecular weight excluding hydrogens is 399 g/mol. The van der Waals surface area contributed by atoms with Crippen LogP contribution in [0.15, 0.2) is 27.6 Å². The molecule has 2 rings (SSSR count). The number of aldehydes is 1. The van der Waals surface area contributed by atoms with Gasteiger partial charge in [0.1, 0.15) is 6.29 Å². The van der Waals surface area contributed by atoms with E-state index in [2.05, 4.69) is 14.7 Å². The fourth-order valence-electron chi connectivity index (χ4n) is 1.98. The highest BCUT2D eigenvalue weighted by molar-refractivity contribution is 7.90. The smallest absolute Gasteiger partial charge is 0.338 e. The Bertz CT molecular complexity index is 1030. The highest BCUT2D eigenvalue weighted by Crippen LogP contribution is 2.30. The van der Waals surface area contributed by atoms with E-state index in [-0.39, 0.29) is 6.29 Å². The molecule has 0 amide bonds. The van der Waals surface area contributed by atoms with E-state index in [1.807, 2.05) is 0 Å². The van der Waals surface area contributed by atoms with Crippen molar-refractivity contribution in [3.8, 4) is 0 Å². The Kier molecular flexibility index (Phi) is 5.12. The molecule has 10 nitrogen and oxygen atoms in total. The lowest BCUT2D eigenvalue weighted by molar-refractivity contribution is -0.385. The number of hydrogen-bond acceptors (Lipinski definition) is 9. The van der Waals surface area contributed by atoms with Crippen molar-refractivity contribution < 1.29 is 40.6 Å². The van der Waals surface area contributed by atoms with E-state index < -0.39 is 60.5 Å². The Labute approximate surface area is 148 Å². The van der Waals surface area contributed by atoms with Crippen LogP contribution in [0.25, 0.3) is 0 Å². The van der Waals surface area contributed by atoms with Crippen LogP contribution in [-0.2, 0) is 20.8 Å². The Balaban J connectivity index is 2.53. The zero-order chi connectivity index (χ0) is 20.6. The lowest BCUT2D eigenvalue weighted by atomic mass is 9.97. The highest BCUT2D eigenvalue weighted by Gasteiger charge is 2.40. The van der Waals surface area contributed by atoms with Crippen LogP contribution in [0.5, 0.6) is 0 Å². The molecule has 27 heavy (non-hydrogen) atoms. The summed E-state index contributed by atoms with van der Waals surface area (Å²) in [6.07, 6.45) is -4.34. The second-order valence-electron chi connectivity index (χ2n) is 5.14. The number of sulfone groups is 1. The van der Waals surface area contributed by atoms with Crippen molar-refractivity contribution in [1.29, 1.82) is 0 Å². The normalized spacial score (nSPS) is 13.2. The first kappa shape index (κ1) is 20.2. The first-order valence-corrected chi connectivity index (χ1v) is 8.64. The summed E-state index contributed by atoms with van der Waals surface area (Å²) in [5.74, 6) is -6.10. The quantitative estimate of drug-likeness (QED) is 0.228. The Morgan fingerprint density at radius 3 is 2.44 bits per heavy atom. The van der Waals surface area contributed by atoms with Gasteiger partial charge in [-0.1, -0.05) is 5.16 Å². The second kappa shape index (κ2) is 6.86. The predicted octanol–water partition coefficient (Wildman–Crippen LogP) is 1.57. The number of alkyl halides is 3. The third-order valence-electron chi connectivity index (χ3n) is 3.24. The summed E-state index contributed by atoms with van der Waals surface area (Å²) in [4.78, 5) is 36.1. The average Bonchev–Trinajstić information content (AvgIpc) is 3.04. The first-order chi connectivity index (χ1) is 12.4. The van der Waals surface area contributed by atoms with Crippen LogP contribution in [0.4, 0.5) is 18.9 Å². The van der Waals surface area contributed by atoms with Crippen molar-refractivity contribution in [2.24, 2.45) is 0 Å². The van der Waals surface area contributed by atoms with Crippen molar-refractivity contribution >= 4 is 27.6 Å². The summed E-state index contributed by atoms with van der Waals surface area (Å²) >= 11 is 0. The first-order valence-electron chi connectivity index (χ1n) is 6.75. The molecule has 0 aliphatic rings. The van der Waals surface area contributed by atoms with E-state index in [1.165, 1.54) is 0 Å². The number of hydrogen-bond donors (Lipinski definition) is 0. The van der Waals surface area contributed by atoms with Crippen LogP contribution in [0.1, 0.15) is 28.0 Å². The van der Waals surface area contributed by atoms with Crippen LogP contribution in [0, 0.1) is 10.1 Å². The monoisotopic (exact) mass is 407 g/mol. The molecule has 0 aliphatic carbocycles. The van der Waals surface area contributed by atoms with Gasteiger partial charge in [-0.3, -0.25) is 14.9 Å². The summed E-state index contributed by atoms with van der Waals surface area (Å²) in [5.41, 5.74) is -1.67. The number of ketones is 1. The fourth-order valence-corrected chi connectivity index (χ4v) is 2.62. The predicted molar refractivity (Wildman–Crippen MR) is 78.6 cm³/mol. The van der Waals surface area contributed by atoms with E-state index in [0.717, 1.165) is 18.4 Å². The van der Waals surface area contributed by atoms with Crippen molar-refractivity contribution in [1.82, 2.24) is 10.1 Å². The third-order valence-corrected chi connectivity index (χ3v) is 4.35. The van der Waals surface area contributed by atoms with Gasteiger partial charge in [0.05, 0.1) is 15.4 Å². The third kappa shape index (κ3) is 4.16. The Hall–Kier alpha value is -3.16. The number of nitro benzene ring substituents is 1. The van der Waals surface area contributed by atoms with Gasteiger partial charge >= 0.3 is 6.18 Å². The molecule has 0 saturated carbocycles. The maximum atomic E-state index is 12.5. The zero-order valence-corrected chi connectivity index (χ0v) is 13.9. The van der Waals surface area contributed by atoms with Crippen LogP contribution in [0.2, 0.25) is 0 Å². The lowest BCUT2D eigenvalue weighted by Gasteiger charge is -2.07. The van der Waals surface area contributed by atoms with Gasteiger partial charge in [-0.05, 0) is 12.1 Å². The van der Waals surface area contributed by atoms with Crippen molar-refractivity contribution in [2.75, 3.05) is 6.26 Å². The number of rotatable bonds is 6. The van der Waals surface area contributed by atoms with E-state index in [1.54, 1.807) is 0 Å². The van der Waals surface area contributed by atoms with Gasteiger partial charge in [0.25, 0.3) is 11.5 Å². The summed E-state index contributed by atoms with van der Waals surface area (Å²) in [6.45, 7) is 0. The van der Waals surface area contributed by atoms with Crippen molar-refractivity contribution in [3.05, 3.63) is 45.6 Å². The molecular formula is C13H8F3N3O7S. The number of carbonyl (C=O) groups excluding carboxylic acids is 2. The largest absolute Gasteiger partial charge is 0.455 e. The number of benzene rings is 1. The maximum absolute atomic E-state index is 12.5. The highest BCUT2D eigenvalue weighted by atomic mass is 32.2. The minimum atomic E-state index is -5.00. The van der Waals surface area contributed by atoms with Gasteiger partial charge in [0, 0.05) is 12.3 Å². The van der Waals surface area contributed by atoms with Gasteiger partial charge in [-0.15, -0.1) is 0 Å². The van der Waals surface area contributed by atoms with E-state index in [4.69, 9.17) is 0 Å². The molecule has 1 heterocycles. The van der Waals surface area contributed by atoms with E-state index in [0.29, 0.717) is 6.07 Å². The van der Waals surface area contributed by atoms with E-state index >= 15 is 0 Å². The average molecular weight is 407 g/mol. The lowest BCUT2D eigenvalue weighted by Crippen LogP contribution is -2.17. The summed E-state index contributed by atoms with van der Waals surface area (Å²) in [6, 6.07) is 2.25. The van der Waals surface area contributed by atoms with Crippen LogP contribution in [-0.4, -0.2) is 41.8 Å². The second-order valence-corrected chi connectivity index (χ2v) is 7.16. The van der Waals surface area contributed by atoms with Gasteiger partial charge in [0.15, 0.2) is 21.5 Å². The summed E-state index contributed by atoms with van der Waals surface area (Å²) in [5, 5.41) is 13.8. The zero-order valence-electron chi connectivity index (χ0n) is 13.1. The number of halogens is 3. The molecule has 14 heteroatoms. The van der Waals surface area contributed by atoms with E-state index in [9.17, 15) is 41.3 Å². The van der Waals surface area contributed by atoms with Crippen LogP contribution >= 0.6 is 0 Å². The van der Waals surface area contributed by atoms with Crippen molar-refractivity contribution in [2.45, 2.75) is 17.0 Å². The van der Waals surface area contributed by atoms with Crippen LogP contribution in [0.3, 0.4) is 0 Å². The molecule has 0 saturated heterocycles. The fraction of sp³-hybridized carbons (Fsp3) is 0.231. The molecule has 1 unspecified atom stereocenters. The molecule has 0 fully saturated rings. The minimum absolute atomic E-state index is 0.121.